The molecule has 5 heteroatoms. The fraction of sp³-hybridized carbons (Fsp3) is 0.235. The first kappa shape index (κ1) is 16.2. The van der Waals surface area contributed by atoms with Gasteiger partial charge in [0.15, 0.2) is 0 Å². The summed E-state index contributed by atoms with van der Waals surface area (Å²) < 4.78 is 7.55. The van der Waals surface area contributed by atoms with Crippen molar-refractivity contribution in [1.29, 1.82) is 0 Å². The van der Waals surface area contributed by atoms with E-state index in [0.717, 1.165) is 28.9 Å². The third-order valence-corrected chi connectivity index (χ3v) is 4.04. The molecule has 3 aromatic rings. The van der Waals surface area contributed by atoms with Crippen LogP contribution in [0, 0.1) is 13.8 Å². The summed E-state index contributed by atoms with van der Waals surface area (Å²) in [6, 6.07) is 8.12. The second kappa shape index (κ2) is 6.28. The van der Waals surface area contributed by atoms with Crippen molar-refractivity contribution >= 4 is 29.0 Å². The molecule has 0 aliphatic rings. The van der Waals surface area contributed by atoms with Crippen LogP contribution >= 0.6 is 12.4 Å². The van der Waals surface area contributed by atoms with E-state index in [1.165, 1.54) is 16.8 Å². The van der Waals surface area contributed by atoms with E-state index >= 15 is 0 Å². The van der Waals surface area contributed by atoms with Crippen molar-refractivity contribution in [3.63, 3.8) is 0 Å². The van der Waals surface area contributed by atoms with Crippen molar-refractivity contribution in [1.82, 2.24) is 9.55 Å². The molecule has 0 aliphatic heterocycles. The molecule has 0 saturated carbocycles. The van der Waals surface area contributed by atoms with Crippen molar-refractivity contribution in [3.05, 3.63) is 53.5 Å². The van der Waals surface area contributed by atoms with Gasteiger partial charge in [-0.2, -0.15) is 0 Å². The van der Waals surface area contributed by atoms with Gasteiger partial charge in [0.05, 0.1) is 30.7 Å². The quantitative estimate of drug-likeness (QED) is 0.801. The van der Waals surface area contributed by atoms with E-state index in [1.54, 1.807) is 13.3 Å². The van der Waals surface area contributed by atoms with E-state index in [2.05, 4.69) is 35.5 Å². The van der Waals surface area contributed by atoms with Gasteiger partial charge >= 0.3 is 0 Å². The van der Waals surface area contributed by atoms with Crippen molar-refractivity contribution in [2.75, 3.05) is 12.8 Å². The Morgan fingerprint density at radius 3 is 2.73 bits per heavy atom. The zero-order valence-corrected chi connectivity index (χ0v) is 13.8. The highest BCUT2D eigenvalue weighted by Crippen LogP contribution is 2.29. The Bertz CT molecular complexity index is 811. The number of anilines is 1. The predicted molar refractivity (Wildman–Crippen MR) is 93.0 cm³/mol. The minimum atomic E-state index is 0. The maximum Gasteiger partial charge on any atom is 0.119 e. The van der Waals surface area contributed by atoms with Crippen LogP contribution in [0.2, 0.25) is 0 Å². The summed E-state index contributed by atoms with van der Waals surface area (Å²) in [6.45, 7) is 5.00. The van der Waals surface area contributed by atoms with Crippen LogP contribution in [0.4, 0.5) is 5.69 Å². The van der Waals surface area contributed by atoms with Gasteiger partial charge in [0.25, 0.3) is 0 Å². The maximum atomic E-state index is 6.08. The molecule has 2 aromatic heterocycles. The number of rotatable bonds is 3. The van der Waals surface area contributed by atoms with Crippen LogP contribution in [0.15, 0.2) is 36.7 Å². The second-order valence-corrected chi connectivity index (χ2v) is 5.27. The first-order valence-electron chi connectivity index (χ1n) is 6.93. The molecule has 2 heterocycles. The Morgan fingerprint density at radius 1 is 1.23 bits per heavy atom. The van der Waals surface area contributed by atoms with Crippen molar-refractivity contribution in [2.45, 2.75) is 20.4 Å². The summed E-state index contributed by atoms with van der Waals surface area (Å²) in [4.78, 5) is 4.23. The molecule has 0 unspecified atom stereocenters. The number of fused-ring (bicyclic) bond motifs is 1. The summed E-state index contributed by atoms with van der Waals surface area (Å²) >= 11 is 0. The lowest BCUT2D eigenvalue weighted by molar-refractivity contribution is 0.414. The molecule has 0 radical (unpaired) electrons. The molecule has 0 bridgehead atoms. The average Bonchev–Trinajstić information content (AvgIpc) is 2.74. The van der Waals surface area contributed by atoms with Gasteiger partial charge in [-0.3, -0.25) is 4.98 Å². The highest BCUT2D eigenvalue weighted by molar-refractivity contribution is 5.94. The number of pyridine rings is 1. The SMILES string of the molecule is COc1cccc(Cn2c(C)c(C)c3c(N)cncc32)c1.Cl. The number of nitrogen functional groups attached to an aromatic ring is 1. The maximum absolute atomic E-state index is 6.08. The molecule has 4 nitrogen and oxygen atoms in total. The fourth-order valence-electron chi connectivity index (χ4n) is 2.80. The van der Waals surface area contributed by atoms with Gasteiger partial charge in [-0.05, 0) is 37.1 Å². The summed E-state index contributed by atoms with van der Waals surface area (Å²) in [7, 11) is 1.68. The highest BCUT2D eigenvalue weighted by Gasteiger charge is 2.13. The highest BCUT2D eigenvalue weighted by atomic mass is 35.5. The number of aryl methyl sites for hydroxylation is 1. The third kappa shape index (κ3) is 2.62. The molecule has 0 fully saturated rings. The Kier molecular flexibility index (Phi) is 4.62. The van der Waals surface area contributed by atoms with E-state index in [9.17, 15) is 0 Å². The number of nitrogens with two attached hydrogens (primary N) is 1. The van der Waals surface area contributed by atoms with E-state index in [1.807, 2.05) is 18.3 Å². The second-order valence-electron chi connectivity index (χ2n) is 5.27. The van der Waals surface area contributed by atoms with Crippen LogP contribution in [0.1, 0.15) is 16.8 Å². The van der Waals surface area contributed by atoms with Crippen LogP contribution in [0.5, 0.6) is 5.75 Å². The lowest BCUT2D eigenvalue weighted by Gasteiger charge is -2.10. The van der Waals surface area contributed by atoms with Crippen LogP contribution < -0.4 is 10.5 Å². The molecule has 116 valence electrons. The van der Waals surface area contributed by atoms with E-state index in [4.69, 9.17) is 10.5 Å². The Balaban J connectivity index is 0.00000176. The monoisotopic (exact) mass is 317 g/mol. The van der Waals surface area contributed by atoms with Crippen molar-refractivity contribution < 1.29 is 4.74 Å². The Labute approximate surface area is 136 Å². The predicted octanol–water partition coefficient (Wildman–Crippen LogP) is 3.71. The Hall–Kier alpha value is -2.20. The molecule has 3 rings (SSSR count). The van der Waals surface area contributed by atoms with Gasteiger partial charge in [-0.25, -0.2) is 0 Å². The summed E-state index contributed by atoms with van der Waals surface area (Å²) in [5.41, 5.74) is 11.5. The van der Waals surface area contributed by atoms with Gasteiger partial charge < -0.3 is 15.0 Å². The van der Waals surface area contributed by atoms with E-state index < -0.39 is 0 Å². The largest absolute Gasteiger partial charge is 0.497 e. The first-order chi connectivity index (χ1) is 10.1. The van der Waals surface area contributed by atoms with Crippen LogP contribution in [-0.2, 0) is 6.54 Å². The number of ether oxygens (including phenoxy) is 1. The van der Waals surface area contributed by atoms with Gasteiger partial charge in [-0.15, -0.1) is 12.4 Å². The zero-order chi connectivity index (χ0) is 15.0. The van der Waals surface area contributed by atoms with Crippen molar-refractivity contribution in [2.24, 2.45) is 0 Å². The van der Waals surface area contributed by atoms with Crippen LogP contribution in [0.25, 0.3) is 10.9 Å². The minimum absolute atomic E-state index is 0. The molecule has 0 saturated heterocycles. The third-order valence-electron chi connectivity index (χ3n) is 4.04. The summed E-state index contributed by atoms with van der Waals surface area (Å²) in [6.07, 6.45) is 3.59. The molecular weight excluding hydrogens is 298 g/mol. The lowest BCUT2D eigenvalue weighted by Crippen LogP contribution is -2.02. The Morgan fingerprint density at radius 2 is 2.00 bits per heavy atom. The molecule has 0 spiro atoms. The fourth-order valence-corrected chi connectivity index (χ4v) is 2.80. The summed E-state index contributed by atoms with van der Waals surface area (Å²) in [5.74, 6) is 0.871. The number of benzene rings is 1. The van der Waals surface area contributed by atoms with E-state index in [-0.39, 0.29) is 12.4 Å². The first-order valence-corrected chi connectivity index (χ1v) is 6.93. The normalized spacial score (nSPS) is 10.5. The van der Waals surface area contributed by atoms with Crippen LogP contribution in [-0.4, -0.2) is 16.7 Å². The van der Waals surface area contributed by atoms with Gasteiger partial charge in [0, 0.05) is 17.6 Å². The number of hydrogen-bond acceptors (Lipinski definition) is 3. The molecule has 1 aromatic carbocycles. The number of hydrogen-bond donors (Lipinski definition) is 1. The minimum Gasteiger partial charge on any atom is -0.497 e. The number of halogens is 1. The molecule has 2 N–H and O–H groups in total. The standard InChI is InChI=1S/C17H19N3O.ClH/c1-11-12(2)20(16-9-19-8-15(18)17(11)16)10-13-5-4-6-14(7-13)21-3;/h4-9H,10,18H2,1-3H3;1H. The van der Waals surface area contributed by atoms with Crippen LogP contribution in [0.3, 0.4) is 0 Å². The molecular formula is C17H20ClN3O. The molecule has 0 atom stereocenters. The van der Waals surface area contributed by atoms with Gasteiger partial charge in [0.1, 0.15) is 5.75 Å². The lowest BCUT2D eigenvalue weighted by atomic mass is 10.2. The topological polar surface area (TPSA) is 53.1 Å². The number of aromatic nitrogens is 2. The zero-order valence-electron chi connectivity index (χ0n) is 13.0. The van der Waals surface area contributed by atoms with Gasteiger partial charge in [0.2, 0.25) is 0 Å². The van der Waals surface area contributed by atoms with E-state index in [0.29, 0.717) is 0 Å². The smallest absolute Gasteiger partial charge is 0.119 e. The molecule has 0 aliphatic carbocycles. The number of nitrogens with zero attached hydrogens (tertiary/aromatic N) is 2. The van der Waals surface area contributed by atoms with Gasteiger partial charge in [-0.1, -0.05) is 12.1 Å². The molecule has 22 heavy (non-hydrogen) atoms. The average molecular weight is 318 g/mol. The van der Waals surface area contributed by atoms with Crippen molar-refractivity contribution in [3.8, 4) is 5.75 Å². The molecule has 0 amide bonds. The summed E-state index contributed by atoms with van der Waals surface area (Å²) in [5, 5.41) is 1.10. The number of methoxy groups -OCH3 is 1.